The molecule has 2 atom stereocenters. The summed E-state index contributed by atoms with van der Waals surface area (Å²) < 4.78 is 0. The molecule has 1 amide bonds. The van der Waals surface area contributed by atoms with Gasteiger partial charge in [0.05, 0.1) is 6.07 Å². The van der Waals surface area contributed by atoms with Gasteiger partial charge in [0.1, 0.15) is 6.04 Å². The second kappa shape index (κ2) is 5.53. The van der Waals surface area contributed by atoms with E-state index in [-0.39, 0.29) is 17.4 Å². The van der Waals surface area contributed by atoms with Crippen molar-refractivity contribution in [2.75, 3.05) is 6.54 Å². The predicted octanol–water partition coefficient (Wildman–Crippen LogP) is 2.96. The highest BCUT2D eigenvalue weighted by Crippen LogP contribution is 2.29. The summed E-state index contributed by atoms with van der Waals surface area (Å²) in [7, 11) is 0. The zero-order valence-electron chi connectivity index (χ0n) is 11.5. The molecule has 0 aliphatic carbocycles. The Morgan fingerprint density at radius 3 is 2.65 bits per heavy atom. The molecule has 3 heteroatoms. The standard InChI is InChI=1S/C14H24N2O/c1-11(14(2,3)4)9-13(17)16-8-6-5-7-12(16)10-15/h11-12H,5-9H2,1-4H3. The average molecular weight is 236 g/mol. The number of nitrogens with zero attached hydrogens (tertiary/aromatic N) is 2. The number of rotatable bonds is 2. The fraction of sp³-hybridized carbons (Fsp3) is 0.857. The third-order valence-electron chi connectivity index (χ3n) is 3.93. The van der Waals surface area contributed by atoms with Crippen molar-refractivity contribution in [1.82, 2.24) is 4.90 Å². The van der Waals surface area contributed by atoms with Gasteiger partial charge in [0.2, 0.25) is 5.91 Å². The summed E-state index contributed by atoms with van der Waals surface area (Å²) in [5.41, 5.74) is 0.146. The first kappa shape index (κ1) is 14.0. The largest absolute Gasteiger partial charge is 0.327 e. The van der Waals surface area contributed by atoms with Crippen LogP contribution in [0.1, 0.15) is 53.4 Å². The van der Waals surface area contributed by atoms with E-state index in [1.165, 1.54) is 0 Å². The molecule has 1 rings (SSSR count). The molecule has 2 unspecified atom stereocenters. The Bertz CT molecular complexity index is 311. The first-order chi connectivity index (χ1) is 7.86. The normalized spacial score (nSPS) is 23.0. The van der Waals surface area contributed by atoms with Crippen molar-refractivity contribution < 1.29 is 4.79 Å². The number of carbonyl (C=O) groups excluding carboxylic acids is 1. The van der Waals surface area contributed by atoms with E-state index in [1.807, 2.05) is 0 Å². The summed E-state index contributed by atoms with van der Waals surface area (Å²) in [6, 6.07) is 2.06. The molecule has 1 aliphatic heterocycles. The third kappa shape index (κ3) is 3.73. The molecule has 0 N–H and O–H groups in total. The zero-order chi connectivity index (χ0) is 13.1. The Labute approximate surface area is 105 Å². The van der Waals surface area contributed by atoms with Crippen LogP contribution in [0.25, 0.3) is 0 Å². The van der Waals surface area contributed by atoms with Crippen LogP contribution in [0.2, 0.25) is 0 Å². The number of piperidine rings is 1. The lowest BCUT2D eigenvalue weighted by Crippen LogP contribution is -2.44. The van der Waals surface area contributed by atoms with Crippen LogP contribution in [-0.4, -0.2) is 23.4 Å². The maximum atomic E-state index is 12.2. The molecule has 0 aromatic heterocycles. The SMILES string of the molecule is CC(CC(=O)N1CCCCC1C#N)C(C)(C)C. The van der Waals surface area contributed by atoms with E-state index in [0.29, 0.717) is 12.3 Å². The quantitative estimate of drug-likeness (QED) is 0.740. The lowest BCUT2D eigenvalue weighted by Gasteiger charge is -2.34. The number of amides is 1. The number of hydrogen-bond acceptors (Lipinski definition) is 2. The van der Waals surface area contributed by atoms with Gasteiger partial charge in [0, 0.05) is 13.0 Å². The van der Waals surface area contributed by atoms with Crippen molar-refractivity contribution >= 4 is 5.91 Å². The van der Waals surface area contributed by atoms with E-state index in [2.05, 4.69) is 33.8 Å². The van der Waals surface area contributed by atoms with E-state index in [9.17, 15) is 4.79 Å². The zero-order valence-corrected chi connectivity index (χ0v) is 11.5. The van der Waals surface area contributed by atoms with Gasteiger partial charge >= 0.3 is 0 Å². The lowest BCUT2D eigenvalue weighted by molar-refractivity contribution is -0.135. The van der Waals surface area contributed by atoms with Gasteiger partial charge in [-0.25, -0.2) is 0 Å². The maximum Gasteiger partial charge on any atom is 0.223 e. The van der Waals surface area contributed by atoms with E-state index >= 15 is 0 Å². The van der Waals surface area contributed by atoms with Crippen LogP contribution in [0.3, 0.4) is 0 Å². The molecular weight excluding hydrogens is 212 g/mol. The number of nitriles is 1. The molecule has 0 saturated carbocycles. The predicted molar refractivity (Wildman–Crippen MR) is 68.2 cm³/mol. The Balaban J connectivity index is 2.60. The van der Waals surface area contributed by atoms with Gasteiger partial charge in [-0.1, -0.05) is 27.7 Å². The van der Waals surface area contributed by atoms with E-state index in [0.717, 1.165) is 25.8 Å². The number of likely N-dealkylation sites (tertiary alicyclic amines) is 1. The highest BCUT2D eigenvalue weighted by atomic mass is 16.2. The first-order valence-corrected chi connectivity index (χ1v) is 6.55. The minimum Gasteiger partial charge on any atom is -0.327 e. The Morgan fingerprint density at radius 2 is 2.12 bits per heavy atom. The molecule has 0 spiro atoms. The van der Waals surface area contributed by atoms with Crippen molar-refractivity contribution in [3.63, 3.8) is 0 Å². The molecule has 3 nitrogen and oxygen atoms in total. The second-order valence-electron chi connectivity index (χ2n) is 6.20. The van der Waals surface area contributed by atoms with Crippen molar-refractivity contribution in [2.24, 2.45) is 11.3 Å². The van der Waals surface area contributed by atoms with E-state index in [4.69, 9.17) is 5.26 Å². The molecule has 0 aromatic carbocycles. The summed E-state index contributed by atoms with van der Waals surface area (Å²) >= 11 is 0. The van der Waals surface area contributed by atoms with Crippen molar-refractivity contribution in [3.05, 3.63) is 0 Å². The molecule has 0 aromatic rings. The van der Waals surface area contributed by atoms with Crippen LogP contribution in [0, 0.1) is 22.7 Å². The minimum absolute atomic E-state index is 0.146. The molecule has 1 saturated heterocycles. The molecule has 0 bridgehead atoms. The third-order valence-corrected chi connectivity index (χ3v) is 3.93. The Kier molecular flexibility index (Phi) is 4.56. The molecule has 96 valence electrons. The topological polar surface area (TPSA) is 44.1 Å². The monoisotopic (exact) mass is 236 g/mol. The summed E-state index contributed by atoms with van der Waals surface area (Å²) in [5, 5.41) is 9.06. The van der Waals surface area contributed by atoms with Gasteiger partial charge in [-0.3, -0.25) is 4.79 Å². The summed E-state index contributed by atoms with van der Waals surface area (Å²) in [4.78, 5) is 14.0. The van der Waals surface area contributed by atoms with Crippen LogP contribution < -0.4 is 0 Å². The molecule has 1 heterocycles. The molecular formula is C14H24N2O. The fourth-order valence-corrected chi connectivity index (χ4v) is 2.05. The number of carbonyl (C=O) groups is 1. The highest BCUT2D eigenvalue weighted by Gasteiger charge is 2.30. The second-order valence-corrected chi connectivity index (χ2v) is 6.20. The summed E-state index contributed by atoms with van der Waals surface area (Å²) in [6.45, 7) is 9.34. The van der Waals surface area contributed by atoms with Crippen LogP contribution in [0.4, 0.5) is 0 Å². The molecule has 17 heavy (non-hydrogen) atoms. The lowest BCUT2D eigenvalue weighted by atomic mass is 9.80. The summed E-state index contributed by atoms with van der Waals surface area (Å²) in [6.07, 6.45) is 3.50. The smallest absolute Gasteiger partial charge is 0.223 e. The number of hydrogen-bond donors (Lipinski definition) is 0. The Morgan fingerprint density at radius 1 is 1.47 bits per heavy atom. The van der Waals surface area contributed by atoms with Gasteiger partial charge in [-0.15, -0.1) is 0 Å². The van der Waals surface area contributed by atoms with E-state index in [1.54, 1.807) is 4.90 Å². The van der Waals surface area contributed by atoms with Crippen LogP contribution in [0.5, 0.6) is 0 Å². The van der Waals surface area contributed by atoms with Crippen molar-refractivity contribution in [2.45, 2.75) is 59.4 Å². The first-order valence-electron chi connectivity index (χ1n) is 6.55. The van der Waals surface area contributed by atoms with Crippen LogP contribution in [-0.2, 0) is 4.79 Å². The van der Waals surface area contributed by atoms with Gasteiger partial charge < -0.3 is 4.90 Å². The van der Waals surface area contributed by atoms with Crippen LogP contribution in [0.15, 0.2) is 0 Å². The van der Waals surface area contributed by atoms with E-state index < -0.39 is 0 Å². The van der Waals surface area contributed by atoms with Gasteiger partial charge in [-0.2, -0.15) is 5.26 Å². The summed E-state index contributed by atoms with van der Waals surface area (Å²) in [5.74, 6) is 0.495. The molecule has 1 aliphatic rings. The highest BCUT2D eigenvalue weighted by molar-refractivity contribution is 5.77. The Hall–Kier alpha value is -1.04. The van der Waals surface area contributed by atoms with Gasteiger partial charge in [0.25, 0.3) is 0 Å². The van der Waals surface area contributed by atoms with Crippen molar-refractivity contribution in [3.8, 4) is 6.07 Å². The minimum atomic E-state index is -0.191. The average Bonchev–Trinajstić information content (AvgIpc) is 2.27. The van der Waals surface area contributed by atoms with Gasteiger partial charge in [-0.05, 0) is 30.6 Å². The maximum absolute atomic E-state index is 12.2. The molecule has 1 fully saturated rings. The van der Waals surface area contributed by atoms with Crippen molar-refractivity contribution in [1.29, 1.82) is 5.26 Å². The van der Waals surface area contributed by atoms with Gasteiger partial charge in [0.15, 0.2) is 0 Å². The van der Waals surface area contributed by atoms with Crippen LogP contribution >= 0.6 is 0 Å². The fourth-order valence-electron chi connectivity index (χ4n) is 2.05. The molecule has 0 radical (unpaired) electrons.